The Morgan fingerprint density at radius 1 is 1.56 bits per heavy atom. The van der Waals surface area contributed by atoms with Gasteiger partial charge in [-0.05, 0) is 13.3 Å². The van der Waals surface area contributed by atoms with E-state index in [4.69, 9.17) is 10.8 Å². The molecule has 0 aliphatic carbocycles. The highest BCUT2D eigenvalue weighted by Crippen LogP contribution is 1.93. The monoisotopic (exact) mass is 247 g/mol. The van der Waals surface area contributed by atoms with E-state index in [2.05, 4.69) is 17.5 Å². The van der Waals surface area contributed by atoms with Crippen LogP contribution in [0.15, 0.2) is 0 Å². The smallest absolute Gasteiger partial charge is 0.311 e. The second kappa shape index (κ2) is 7.13. The second-order valence-corrected chi connectivity index (χ2v) is 4.04. The van der Waals surface area contributed by atoms with Gasteiger partial charge in [0.1, 0.15) is 0 Å². The Morgan fingerprint density at radius 2 is 2.12 bits per heavy atom. The molecule has 0 heterocycles. The molecule has 0 saturated carbocycles. The van der Waals surface area contributed by atoms with Gasteiger partial charge in [0, 0.05) is 13.6 Å². The van der Waals surface area contributed by atoms with Crippen molar-refractivity contribution < 1.29 is 14.7 Å². The van der Waals surface area contributed by atoms with E-state index in [0.717, 1.165) is 0 Å². The number of carbonyl (C=O) groups excluding carboxylic acids is 2. The number of carbonyl (C=O) groups is 2. The van der Waals surface area contributed by atoms with Gasteiger partial charge in [0.15, 0.2) is 0 Å². The summed E-state index contributed by atoms with van der Waals surface area (Å²) >= 11 is 4.56. The molecule has 92 valence electrons. The van der Waals surface area contributed by atoms with Crippen LogP contribution in [0.25, 0.3) is 0 Å². The van der Waals surface area contributed by atoms with Crippen LogP contribution in [-0.2, 0) is 9.59 Å². The van der Waals surface area contributed by atoms with Gasteiger partial charge >= 0.3 is 11.8 Å². The Balaban J connectivity index is 4.01. The molecule has 7 heteroatoms. The zero-order valence-electron chi connectivity index (χ0n) is 9.40. The normalized spacial score (nSPS) is 11.7. The molecule has 0 aromatic rings. The summed E-state index contributed by atoms with van der Waals surface area (Å²) in [7, 11) is 1.49. The fraction of sp³-hybridized carbons (Fsp3) is 0.667. The lowest BCUT2D eigenvalue weighted by molar-refractivity contribution is -0.144. The number of amides is 2. The van der Waals surface area contributed by atoms with Gasteiger partial charge in [-0.25, -0.2) is 0 Å². The van der Waals surface area contributed by atoms with Gasteiger partial charge in [-0.2, -0.15) is 0 Å². The first-order valence-electron chi connectivity index (χ1n) is 4.84. The minimum Gasteiger partial charge on any atom is -0.393 e. The number of hydrogen-bond acceptors (Lipinski definition) is 4. The molecule has 2 amide bonds. The Kier molecular flexibility index (Phi) is 6.59. The summed E-state index contributed by atoms with van der Waals surface area (Å²) in [4.78, 5) is 24.0. The highest BCUT2D eigenvalue weighted by molar-refractivity contribution is 7.80. The number of aliphatic hydroxyl groups excluding tert-OH is 1. The molecule has 0 saturated heterocycles. The van der Waals surface area contributed by atoms with Crippen LogP contribution in [0.2, 0.25) is 0 Å². The van der Waals surface area contributed by atoms with E-state index in [1.165, 1.54) is 11.9 Å². The van der Waals surface area contributed by atoms with Gasteiger partial charge in [-0.1, -0.05) is 12.2 Å². The van der Waals surface area contributed by atoms with Crippen LogP contribution >= 0.6 is 12.2 Å². The number of nitrogens with two attached hydrogens (primary N) is 1. The second-order valence-electron chi connectivity index (χ2n) is 3.51. The Hall–Kier alpha value is -1.21. The number of nitrogens with one attached hydrogen (secondary N) is 1. The van der Waals surface area contributed by atoms with Gasteiger partial charge in [0.25, 0.3) is 0 Å². The predicted molar refractivity (Wildman–Crippen MR) is 63.7 cm³/mol. The molecule has 0 spiro atoms. The first kappa shape index (κ1) is 14.8. The molecule has 0 aliphatic rings. The van der Waals surface area contributed by atoms with Gasteiger partial charge in [-0.3, -0.25) is 9.59 Å². The fourth-order valence-corrected chi connectivity index (χ4v) is 0.971. The van der Waals surface area contributed by atoms with Crippen molar-refractivity contribution in [2.45, 2.75) is 19.4 Å². The SMILES string of the molecule is CC(O)CCN(C)C(=O)C(=O)NCC(N)=S. The Morgan fingerprint density at radius 3 is 2.56 bits per heavy atom. The number of nitrogens with zero attached hydrogens (tertiary/aromatic N) is 1. The van der Waals surface area contributed by atoms with Gasteiger partial charge in [0.2, 0.25) is 0 Å². The maximum Gasteiger partial charge on any atom is 0.311 e. The van der Waals surface area contributed by atoms with Crippen molar-refractivity contribution in [3.63, 3.8) is 0 Å². The third-order valence-electron chi connectivity index (χ3n) is 1.85. The first-order valence-corrected chi connectivity index (χ1v) is 5.25. The highest BCUT2D eigenvalue weighted by Gasteiger charge is 2.18. The topological polar surface area (TPSA) is 95.7 Å². The Labute approximate surface area is 99.8 Å². The van der Waals surface area contributed by atoms with Crippen LogP contribution in [0, 0.1) is 0 Å². The summed E-state index contributed by atoms with van der Waals surface area (Å²) < 4.78 is 0. The van der Waals surface area contributed by atoms with Gasteiger partial charge in [-0.15, -0.1) is 0 Å². The van der Waals surface area contributed by atoms with Crippen LogP contribution in [0.1, 0.15) is 13.3 Å². The van der Waals surface area contributed by atoms with E-state index in [1.54, 1.807) is 6.92 Å². The van der Waals surface area contributed by atoms with Crippen molar-refractivity contribution in [2.75, 3.05) is 20.1 Å². The zero-order chi connectivity index (χ0) is 12.7. The third kappa shape index (κ3) is 6.31. The number of hydrogen-bond donors (Lipinski definition) is 3. The van der Waals surface area contributed by atoms with Crippen molar-refractivity contribution in [1.29, 1.82) is 0 Å². The summed E-state index contributed by atoms with van der Waals surface area (Å²) in [6, 6.07) is 0. The average Bonchev–Trinajstić information content (AvgIpc) is 2.21. The molecule has 1 atom stereocenters. The maximum absolute atomic E-state index is 11.4. The summed E-state index contributed by atoms with van der Waals surface area (Å²) in [5.74, 6) is -1.42. The quantitative estimate of drug-likeness (QED) is 0.411. The Bertz CT molecular complexity index is 281. The maximum atomic E-state index is 11.4. The summed E-state index contributed by atoms with van der Waals surface area (Å²) in [5.41, 5.74) is 5.17. The van der Waals surface area contributed by atoms with Crippen molar-refractivity contribution >= 4 is 29.0 Å². The van der Waals surface area contributed by atoms with Crippen molar-refractivity contribution in [2.24, 2.45) is 5.73 Å². The molecular formula is C9H17N3O3S. The summed E-state index contributed by atoms with van der Waals surface area (Å²) in [6.07, 6.45) is -0.0832. The summed E-state index contributed by atoms with van der Waals surface area (Å²) in [5, 5.41) is 11.3. The molecule has 0 bridgehead atoms. The minimum atomic E-state index is -0.749. The van der Waals surface area contributed by atoms with Crippen LogP contribution in [0.5, 0.6) is 0 Å². The molecular weight excluding hydrogens is 230 g/mol. The fourth-order valence-electron chi connectivity index (χ4n) is 0.898. The van der Waals surface area contributed by atoms with Gasteiger partial charge < -0.3 is 21.1 Å². The third-order valence-corrected chi connectivity index (χ3v) is 1.99. The lowest BCUT2D eigenvalue weighted by Crippen LogP contribution is -2.44. The van der Waals surface area contributed by atoms with E-state index >= 15 is 0 Å². The zero-order valence-corrected chi connectivity index (χ0v) is 10.2. The van der Waals surface area contributed by atoms with Crippen molar-refractivity contribution in [3.8, 4) is 0 Å². The first-order chi connectivity index (χ1) is 7.34. The summed E-state index contributed by atoms with van der Waals surface area (Å²) in [6.45, 7) is 1.94. The predicted octanol–water partition coefficient (Wildman–Crippen LogP) is -1.38. The number of likely N-dealkylation sites (N-methyl/N-ethyl adjacent to an activating group) is 1. The highest BCUT2D eigenvalue weighted by atomic mass is 32.1. The molecule has 0 aliphatic heterocycles. The molecule has 0 fully saturated rings. The number of rotatable bonds is 5. The van der Waals surface area contributed by atoms with Crippen LogP contribution < -0.4 is 11.1 Å². The molecule has 1 unspecified atom stereocenters. The van der Waals surface area contributed by atoms with Crippen LogP contribution in [-0.4, -0.2) is 53.1 Å². The van der Waals surface area contributed by atoms with E-state index in [9.17, 15) is 9.59 Å². The van der Waals surface area contributed by atoms with E-state index in [-0.39, 0.29) is 11.5 Å². The van der Waals surface area contributed by atoms with E-state index in [0.29, 0.717) is 13.0 Å². The van der Waals surface area contributed by atoms with Gasteiger partial charge in [0.05, 0.1) is 17.6 Å². The largest absolute Gasteiger partial charge is 0.393 e. The van der Waals surface area contributed by atoms with E-state index < -0.39 is 17.9 Å². The lowest BCUT2D eigenvalue weighted by Gasteiger charge is -2.17. The molecule has 0 aromatic heterocycles. The van der Waals surface area contributed by atoms with Crippen molar-refractivity contribution in [3.05, 3.63) is 0 Å². The minimum absolute atomic E-state index is 0.00412. The number of aliphatic hydroxyl groups is 1. The molecule has 4 N–H and O–H groups in total. The van der Waals surface area contributed by atoms with Crippen LogP contribution in [0.3, 0.4) is 0 Å². The molecule has 0 rings (SSSR count). The van der Waals surface area contributed by atoms with Crippen LogP contribution in [0.4, 0.5) is 0 Å². The van der Waals surface area contributed by atoms with E-state index in [1.807, 2.05) is 0 Å². The lowest BCUT2D eigenvalue weighted by atomic mass is 10.3. The molecule has 16 heavy (non-hydrogen) atoms. The molecule has 0 aromatic carbocycles. The average molecular weight is 247 g/mol. The standard InChI is InChI=1S/C9H17N3O3S/c1-6(13)3-4-12(2)9(15)8(14)11-5-7(10)16/h6,13H,3-5H2,1-2H3,(H2,10,16)(H,11,14). The molecule has 0 radical (unpaired) electrons. The molecule has 6 nitrogen and oxygen atoms in total. The van der Waals surface area contributed by atoms with Crippen molar-refractivity contribution in [1.82, 2.24) is 10.2 Å². The number of thiocarbonyl (C=S) groups is 1.